The molecular formula is C29H35ClFN5O3. The Labute approximate surface area is 232 Å². The van der Waals surface area contributed by atoms with Crippen molar-refractivity contribution in [1.82, 2.24) is 24.4 Å². The summed E-state index contributed by atoms with van der Waals surface area (Å²) in [5, 5.41) is 14.7. The minimum absolute atomic E-state index is 0.0374. The Morgan fingerprint density at radius 2 is 1.82 bits per heavy atom. The zero-order valence-electron chi connectivity index (χ0n) is 23.3. The molecule has 3 heterocycles. The van der Waals surface area contributed by atoms with E-state index in [0.29, 0.717) is 49.4 Å². The predicted molar refractivity (Wildman–Crippen MR) is 147 cm³/mol. The number of fused-ring (bicyclic) bond motifs is 1. The number of rotatable bonds is 3. The van der Waals surface area contributed by atoms with E-state index in [-0.39, 0.29) is 33.9 Å². The van der Waals surface area contributed by atoms with E-state index < -0.39 is 17.0 Å². The van der Waals surface area contributed by atoms with Gasteiger partial charge in [0, 0.05) is 36.7 Å². The molecule has 1 aromatic carbocycles. The molecule has 1 saturated heterocycles. The van der Waals surface area contributed by atoms with Crippen molar-refractivity contribution in [3.05, 3.63) is 52.6 Å². The molecule has 1 saturated carbocycles. The fourth-order valence-corrected chi connectivity index (χ4v) is 5.84. The third-order valence-electron chi connectivity index (χ3n) is 7.85. The molecule has 0 unspecified atom stereocenters. The van der Waals surface area contributed by atoms with Crippen molar-refractivity contribution >= 4 is 29.1 Å². The van der Waals surface area contributed by atoms with Crippen LogP contribution in [0.2, 0.25) is 5.02 Å². The van der Waals surface area contributed by atoms with Crippen molar-refractivity contribution in [2.45, 2.75) is 70.9 Å². The number of carbonyl (C=O) groups excluding carboxylic acids is 2. The standard InChI is InChI=1S/C29H35ClFN5O3/c1-27(2,3)19-12-22(17-7-8-20(30)21(31)11-17)33-36-15-23(32-24(19)36)26(38)35-10-9-34(16-28(35,4)5)25(37)18-13-29(6,39)14-18/h7-8,11-12,15,18,39H,9-10,13-14,16H2,1-6H3. The second-order valence-electron chi connectivity index (χ2n) is 12.8. The van der Waals surface area contributed by atoms with Crippen LogP contribution in [0.5, 0.6) is 0 Å². The minimum atomic E-state index is -0.766. The first kappa shape index (κ1) is 27.5. The molecule has 0 spiro atoms. The van der Waals surface area contributed by atoms with Gasteiger partial charge in [-0.2, -0.15) is 5.10 Å². The molecule has 2 amide bonds. The summed E-state index contributed by atoms with van der Waals surface area (Å²) in [6.45, 7) is 13.0. The molecular weight excluding hydrogens is 521 g/mol. The number of aromatic nitrogens is 3. The van der Waals surface area contributed by atoms with Crippen LogP contribution in [-0.4, -0.2) is 72.1 Å². The molecule has 0 bridgehead atoms. The Kier molecular flexibility index (Phi) is 6.54. The lowest BCUT2D eigenvalue weighted by Gasteiger charge is -2.49. The molecule has 10 heteroatoms. The number of carbonyl (C=O) groups is 2. The lowest BCUT2D eigenvalue weighted by molar-refractivity contribution is -0.153. The highest BCUT2D eigenvalue weighted by Crippen LogP contribution is 2.39. The average molecular weight is 556 g/mol. The Balaban J connectivity index is 1.44. The quantitative estimate of drug-likeness (QED) is 0.505. The lowest BCUT2D eigenvalue weighted by Crippen LogP contribution is -2.63. The second kappa shape index (κ2) is 9.27. The summed E-state index contributed by atoms with van der Waals surface area (Å²) in [7, 11) is 0. The van der Waals surface area contributed by atoms with Crippen LogP contribution in [0.1, 0.15) is 70.4 Å². The minimum Gasteiger partial charge on any atom is -0.390 e. The van der Waals surface area contributed by atoms with Crippen LogP contribution in [0.3, 0.4) is 0 Å². The zero-order chi connectivity index (χ0) is 28.5. The van der Waals surface area contributed by atoms with Crippen LogP contribution in [0.25, 0.3) is 16.9 Å². The first-order chi connectivity index (χ1) is 18.1. The summed E-state index contributed by atoms with van der Waals surface area (Å²) in [5.74, 6) is -0.887. The number of imidazole rings is 1. The molecule has 2 aliphatic rings. The number of aliphatic hydroxyl groups is 1. The molecule has 0 atom stereocenters. The largest absolute Gasteiger partial charge is 0.390 e. The molecule has 39 heavy (non-hydrogen) atoms. The first-order valence-electron chi connectivity index (χ1n) is 13.3. The zero-order valence-corrected chi connectivity index (χ0v) is 24.0. The van der Waals surface area contributed by atoms with E-state index in [4.69, 9.17) is 16.6 Å². The van der Waals surface area contributed by atoms with Gasteiger partial charge in [-0.1, -0.05) is 38.4 Å². The lowest BCUT2D eigenvalue weighted by atomic mass is 9.71. The van der Waals surface area contributed by atoms with Crippen LogP contribution in [-0.2, 0) is 10.2 Å². The monoisotopic (exact) mass is 555 g/mol. The van der Waals surface area contributed by atoms with Gasteiger partial charge in [-0.25, -0.2) is 13.9 Å². The van der Waals surface area contributed by atoms with E-state index in [2.05, 4.69) is 5.10 Å². The summed E-state index contributed by atoms with van der Waals surface area (Å²) >= 11 is 5.88. The molecule has 1 aliphatic heterocycles. The molecule has 0 radical (unpaired) electrons. The normalized spacial score (nSPS) is 23.2. The number of amides is 2. The van der Waals surface area contributed by atoms with Crippen LogP contribution in [0.15, 0.2) is 30.5 Å². The average Bonchev–Trinajstić information content (AvgIpc) is 3.25. The van der Waals surface area contributed by atoms with Gasteiger partial charge in [0.1, 0.15) is 11.5 Å². The van der Waals surface area contributed by atoms with Crippen molar-refractivity contribution in [2.75, 3.05) is 19.6 Å². The van der Waals surface area contributed by atoms with Gasteiger partial charge in [-0.3, -0.25) is 9.59 Å². The van der Waals surface area contributed by atoms with Crippen molar-refractivity contribution in [1.29, 1.82) is 0 Å². The smallest absolute Gasteiger partial charge is 0.274 e. The Bertz CT molecular complexity index is 1470. The highest BCUT2D eigenvalue weighted by molar-refractivity contribution is 6.30. The first-order valence-corrected chi connectivity index (χ1v) is 13.6. The van der Waals surface area contributed by atoms with E-state index in [1.54, 1.807) is 28.6 Å². The SMILES string of the molecule is CC1(O)CC(C(=O)N2CCN(C(=O)c3cn4nc(-c5ccc(Cl)c(F)c5)cc(C(C)(C)C)c4n3)C(C)(C)C2)C1. The fraction of sp³-hybridized carbons (Fsp3) is 0.517. The molecule has 2 aromatic heterocycles. The van der Waals surface area contributed by atoms with Crippen molar-refractivity contribution < 1.29 is 19.1 Å². The second-order valence-corrected chi connectivity index (χ2v) is 13.3. The number of nitrogens with zero attached hydrogens (tertiary/aromatic N) is 5. The van der Waals surface area contributed by atoms with E-state index >= 15 is 0 Å². The van der Waals surface area contributed by atoms with E-state index in [0.717, 1.165) is 5.56 Å². The third kappa shape index (κ3) is 5.14. The van der Waals surface area contributed by atoms with E-state index in [1.165, 1.54) is 12.1 Å². The maximum atomic E-state index is 14.2. The van der Waals surface area contributed by atoms with Gasteiger partial charge < -0.3 is 14.9 Å². The molecule has 3 aromatic rings. The van der Waals surface area contributed by atoms with E-state index in [9.17, 15) is 19.1 Å². The number of hydrogen-bond acceptors (Lipinski definition) is 5. The Morgan fingerprint density at radius 3 is 2.41 bits per heavy atom. The Morgan fingerprint density at radius 1 is 1.13 bits per heavy atom. The van der Waals surface area contributed by atoms with Gasteiger partial charge in [-0.05, 0) is 57.2 Å². The number of piperazine rings is 1. The highest BCUT2D eigenvalue weighted by atomic mass is 35.5. The van der Waals surface area contributed by atoms with Crippen molar-refractivity contribution in [2.24, 2.45) is 5.92 Å². The number of hydrogen-bond donors (Lipinski definition) is 1. The maximum absolute atomic E-state index is 14.2. The summed E-state index contributed by atoms with van der Waals surface area (Å²) in [6, 6.07) is 6.44. The predicted octanol–water partition coefficient (Wildman–Crippen LogP) is 4.71. The maximum Gasteiger partial charge on any atom is 0.274 e. The molecule has 1 aliphatic carbocycles. The third-order valence-corrected chi connectivity index (χ3v) is 8.15. The van der Waals surface area contributed by atoms with Gasteiger partial charge in [0.25, 0.3) is 5.91 Å². The summed E-state index contributed by atoms with van der Waals surface area (Å²) < 4.78 is 15.8. The summed E-state index contributed by atoms with van der Waals surface area (Å²) in [4.78, 5) is 35.1. The van der Waals surface area contributed by atoms with Crippen molar-refractivity contribution in [3.8, 4) is 11.3 Å². The summed E-state index contributed by atoms with van der Waals surface area (Å²) in [6.07, 6.45) is 2.56. The molecule has 8 nitrogen and oxygen atoms in total. The van der Waals surface area contributed by atoms with E-state index in [1.807, 2.05) is 45.6 Å². The van der Waals surface area contributed by atoms with Gasteiger partial charge in [0.05, 0.1) is 28.1 Å². The van der Waals surface area contributed by atoms with Crippen LogP contribution < -0.4 is 0 Å². The van der Waals surface area contributed by atoms with Gasteiger partial charge in [0.2, 0.25) is 5.91 Å². The molecule has 5 rings (SSSR count). The fourth-order valence-electron chi connectivity index (χ4n) is 5.72. The molecule has 2 fully saturated rings. The van der Waals surface area contributed by atoms with Gasteiger partial charge >= 0.3 is 0 Å². The number of benzene rings is 1. The number of halogens is 2. The van der Waals surface area contributed by atoms with Crippen LogP contribution in [0.4, 0.5) is 4.39 Å². The topological polar surface area (TPSA) is 91.0 Å². The summed E-state index contributed by atoms with van der Waals surface area (Å²) in [5.41, 5.74) is 1.10. The molecule has 1 N–H and O–H groups in total. The molecule has 208 valence electrons. The van der Waals surface area contributed by atoms with Gasteiger partial charge in [0.15, 0.2) is 5.65 Å². The van der Waals surface area contributed by atoms with Gasteiger partial charge in [-0.15, -0.1) is 0 Å². The Hall–Kier alpha value is -3.04. The highest BCUT2D eigenvalue weighted by Gasteiger charge is 2.47. The van der Waals surface area contributed by atoms with Crippen LogP contribution in [0, 0.1) is 11.7 Å². The van der Waals surface area contributed by atoms with Crippen molar-refractivity contribution in [3.63, 3.8) is 0 Å². The van der Waals surface area contributed by atoms with Crippen LogP contribution >= 0.6 is 11.6 Å².